The van der Waals surface area contributed by atoms with Crippen LogP contribution in [0.5, 0.6) is 0 Å². The van der Waals surface area contributed by atoms with E-state index in [-0.39, 0.29) is 5.91 Å². The molecule has 0 aliphatic carbocycles. The normalized spacial score (nSPS) is 17.1. The number of benzene rings is 1. The quantitative estimate of drug-likeness (QED) is 0.907. The molecule has 20 heavy (non-hydrogen) atoms. The van der Waals surface area contributed by atoms with Gasteiger partial charge in [0.15, 0.2) is 0 Å². The van der Waals surface area contributed by atoms with Gasteiger partial charge in [0.1, 0.15) is 0 Å². The summed E-state index contributed by atoms with van der Waals surface area (Å²) >= 11 is 3.46. The van der Waals surface area contributed by atoms with Crippen molar-refractivity contribution in [2.45, 2.75) is 6.92 Å². The van der Waals surface area contributed by atoms with E-state index >= 15 is 0 Å². The average molecular weight is 340 g/mol. The Kier molecular flexibility index (Phi) is 5.57. The van der Waals surface area contributed by atoms with Crippen LogP contribution < -0.4 is 5.32 Å². The van der Waals surface area contributed by atoms with Crippen LogP contribution in [0.4, 0.5) is 0 Å². The van der Waals surface area contributed by atoms with Crippen molar-refractivity contribution in [1.82, 2.24) is 15.1 Å². The van der Waals surface area contributed by atoms with Crippen LogP contribution >= 0.6 is 15.9 Å². The Morgan fingerprint density at radius 1 is 1.30 bits per heavy atom. The highest BCUT2D eigenvalue weighted by Gasteiger charge is 2.14. The van der Waals surface area contributed by atoms with Gasteiger partial charge < -0.3 is 10.2 Å². The van der Waals surface area contributed by atoms with Crippen molar-refractivity contribution < 1.29 is 4.79 Å². The molecule has 1 heterocycles. The zero-order valence-electron chi connectivity index (χ0n) is 12.2. The first-order valence-electron chi connectivity index (χ1n) is 7.02. The van der Waals surface area contributed by atoms with E-state index in [1.165, 1.54) is 0 Å². The fourth-order valence-corrected chi connectivity index (χ4v) is 2.71. The third kappa shape index (κ3) is 4.04. The topological polar surface area (TPSA) is 35.6 Å². The van der Waals surface area contributed by atoms with Crippen molar-refractivity contribution in [2.24, 2.45) is 0 Å². The molecule has 5 heteroatoms. The van der Waals surface area contributed by atoms with Crippen LogP contribution in [0, 0.1) is 6.92 Å². The van der Waals surface area contributed by atoms with E-state index in [0.717, 1.165) is 48.3 Å². The van der Waals surface area contributed by atoms with E-state index in [1.807, 2.05) is 25.1 Å². The fourth-order valence-electron chi connectivity index (χ4n) is 2.35. The predicted octanol–water partition coefficient (Wildman–Crippen LogP) is 1.73. The highest BCUT2D eigenvalue weighted by Crippen LogP contribution is 2.19. The number of rotatable bonds is 4. The van der Waals surface area contributed by atoms with Gasteiger partial charge in [0.25, 0.3) is 5.91 Å². The predicted molar refractivity (Wildman–Crippen MR) is 85.1 cm³/mol. The number of likely N-dealkylation sites (N-methyl/N-ethyl adjacent to an activating group) is 1. The van der Waals surface area contributed by atoms with Crippen LogP contribution in [0.25, 0.3) is 0 Å². The van der Waals surface area contributed by atoms with Gasteiger partial charge in [-0.25, -0.2) is 0 Å². The van der Waals surface area contributed by atoms with Crippen LogP contribution in [0.2, 0.25) is 0 Å². The Labute approximate surface area is 129 Å². The lowest BCUT2D eigenvalue weighted by Crippen LogP contribution is -2.46. The molecule has 0 atom stereocenters. The standard InChI is InChI=1S/C15H22BrN3O/c1-12-13(4-3-5-14(12)16)15(20)17-6-7-19-10-8-18(2)9-11-19/h3-5H,6-11H2,1-2H3,(H,17,20). The number of nitrogens with one attached hydrogen (secondary N) is 1. The highest BCUT2D eigenvalue weighted by molar-refractivity contribution is 9.10. The molecule has 0 saturated carbocycles. The van der Waals surface area contributed by atoms with Gasteiger partial charge in [-0.2, -0.15) is 0 Å². The molecule has 1 amide bonds. The first-order valence-corrected chi connectivity index (χ1v) is 7.81. The molecule has 1 aromatic carbocycles. The van der Waals surface area contributed by atoms with Gasteiger partial charge >= 0.3 is 0 Å². The maximum atomic E-state index is 12.2. The summed E-state index contributed by atoms with van der Waals surface area (Å²) in [6.45, 7) is 7.97. The molecule has 0 bridgehead atoms. The third-order valence-corrected chi connectivity index (χ3v) is 4.68. The van der Waals surface area contributed by atoms with Gasteiger partial charge in [-0.15, -0.1) is 0 Å². The molecule has 4 nitrogen and oxygen atoms in total. The summed E-state index contributed by atoms with van der Waals surface area (Å²) in [5.41, 5.74) is 1.74. The largest absolute Gasteiger partial charge is 0.351 e. The summed E-state index contributed by atoms with van der Waals surface area (Å²) < 4.78 is 0.976. The van der Waals surface area contributed by atoms with Crippen LogP contribution in [0.3, 0.4) is 0 Å². The number of nitrogens with zero attached hydrogens (tertiary/aromatic N) is 2. The second kappa shape index (κ2) is 7.20. The average Bonchev–Trinajstić information content (AvgIpc) is 2.44. The van der Waals surface area contributed by atoms with Crippen molar-refractivity contribution in [2.75, 3.05) is 46.3 Å². The van der Waals surface area contributed by atoms with E-state index in [9.17, 15) is 4.79 Å². The molecule has 0 aromatic heterocycles. The zero-order valence-corrected chi connectivity index (χ0v) is 13.7. The number of carbonyl (C=O) groups excluding carboxylic acids is 1. The molecule has 1 N–H and O–H groups in total. The molecule has 1 fully saturated rings. The van der Waals surface area contributed by atoms with Crippen LogP contribution in [0.1, 0.15) is 15.9 Å². The summed E-state index contributed by atoms with van der Waals surface area (Å²) in [4.78, 5) is 16.9. The van der Waals surface area contributed by atoms with E-state index in [4.69, 9.17) is 0 Å². The number of hydrogen-bond acceptors (Lipinski definition) is 3. The SMILES string of the molecule is Cc1c(Br)cccc1C(=O)NCCN1CCN(C)CC1. The van der Waals surface area contributed by atoms with E-state index in [1.54, 1.807) is 0 Å². The smallest absolute Gasteiger partial charge is 0.251 e. The fraction of sp³-hybridized carbons (Fsp3) is 0.533. The lowest BCUT2D eigenvalue weighted by atomic mass is 10.1. The van der Waals surface area contributed by atoms with Crippen molar-refractivity contribution in [1.29, 1.82) is 0 Å². The lowest BCUT2D eigenvalue weighted by Gasteiger charge is -2.32. The van der Waals surface area contributed by atoms with Crippen molar-refractivity contribution in [3.63, 3.8) is 0 Å². The maximum absolute atomic E-state index is 12.2. The first-order chi connectivity index (χ1) is 9.58. The molecule has 0 spiro atoms. The number of hydrogen-bond donors (Lipinski definition) is 1. The maximum Gasteiger partial charge on any atom is 0.251 e. The molecule has 110 valence electrons. The molecule has 0 unspecified atom stereocenters. The summed E-state index contributed by atoms with van der Waals surface area (Å²) in [6, 6.07) is 5.72. The molecule has 1 aromatic rings. The van der Waals surface area contributed by atoms with Crippen molar-refractivity contribution >= 4 is 21.8 Å². The van der Waals surface area contributed by atoms with Crippen LogP contribution in [-0.2, 0) is 0 Å². The monoisotopic (exact) mass is 339 g/mol. The molecular weight excluding hydrogens is 318 g/mol. The Balaban J connectivity index is 1.79. The summed E-state index contributed by atoms with van der Waals surface area (Å²) in [7, 11) is 2.15. The summed E-state index contributed by atoms with van der Waals surface area (Å²) in [5, 5.41) is 3.01. The van der Waals surface area contributed by atoms with Gasteiger partial charge in [-0.1, -0.05) is 22.0 Å². The number of carbonyl (C=O) groups is 1. The van der Waals surface area contributed by atoms with Crippen molar-refractivity contribution in [3.8, 4) is 0 Å². The van der Waals surface area contributed by atoms with Gasteiger partial charge in [-0.05, 0) is 31.7 Å². The number of piperazine rings is 1. The Bertz CT molecular complexity index is 470. The third-order valence-electron chi connectivity index (χ3n) is 3.82. The number of halogens is 1. The van der Waals surface area contributed by atoms with E-state index < -0.39 is 0 Å². The second-order valence-electron chi connectivity index (χ2n) is 5.31. The minimum Gasteiger partial charge on any atom is -0.351 e. The lowest BCUT2D eigenvalue weighted by molar-refractivity contribution is 0.0940. The molecule has 0 radical (unpaired) electrons. The van der Waals surface area contributed by atoms with Crippen LogP contribution in [-0.4, -0.2) is 62.0 Å². The second-order valence-corrected chi connectivity index (χ2v) is 6.17. The van der Waals surface area contributed by atoms with Crippen LogP contribution in [0.15, 0.2) is 22.7 Å². The zero-order chi connectivity index (χ0) is 14.5. The molecule has 1 aliphatic heterocycles. The summed E-state index contributed by atoms with van der Waals surface area (Å²) in [5.74, 6) is 0.0120. The van der Waals surface area contributed by atoms with E-state index in [2.05, 4.69) is 38.1 Å². The number of amides is 1. The minimum absolute atomic E-state index is 0.0120. The van der Waals surface area contributed by atoms with Gasteiger partial charge in [0.2, 0.25) is 0 Å². The van der Waals surface area contributed by atoms with Gasteiger partial charge in [0.05, 0.1) is 0 Å². The summed E-state index contributed by atoms with van der Waals surface area (Å²) in [6.07, 6.45) is 0. The molecule has 1 saturated heterocycles. The van der Waals surface area contributed by atoms with Gasteiger partial charge in [0, 0.05) is 49.3 Å². The molecule has 1 aliphatic rings. The molecule has 2 rings (SSSR count). The highest BCUT2D eigenvalue weighted by atomic mass is 79.9. The Morgan fingerprint density at radius 2 is 2.00 bits per heavy atom. The van der Waals surface area contributed by atoms with Crippen molar-refractivity contribution in [3.05, 3.63) is 33.8 Å². The Morgan fingerprint density at radius 3 is 2.70 bits per heavy atom. The Hall–Kier alpha value is -0.910. The minimum atomic E-state index is 0.0120. The van der Waals surface area contributed by atoms with E-state index in [0.29, 0.717) is 6.54 Å². The first kappa shape index (κ1) is 15.5. The molecular formula is C15H22BrN3O. The van der Waals surface area contributed by atoms with Gasteiger partial charge in [-0.3, -0.25) is 9.69 Å².